The highest BCUT2D eigenvalue weighted by molar-refractivity contribution is 5.74. The fourth-order valence-electron chi connectivity index (χ4n) is 5.16. The number of rotatable bonds is 4. The highest BCUT2D eigenvalue weighted by Crippen LogP contribution is 2.49. The Morgan fingerprint density at radius 1 is 1.14 bits per heavy atom. The monoisotopic (exact) mass is 294 g/mol. The Labute approximate surface area is 128 Å². The van der Waals surface area contributed by atoms with Crippen molar-refractivity contribution < 1.29 is 14.6 Å². The van der Waals surface area contributed by atoms with Gasteiger partial charge in [0.05, 0.1) is 17.1 Å². The van der Waals surface area contributed by atoms with Gasteiger partial charge in [-0.3, -0.25) is 4.79 Å². The van der Waals surface area contributed by atoms with Crippen LogP contribution in [0.4, 0.5) is 0 Å². The van der Waals surface area contributed by atoms with E-state index in [2.05, 4.69) is 6.92 Å². The fourth-order valence-corrected chi connectivity index (χ4v) is 5.16. The molecule has 0 bridgehead atoms. The number of aliphatic carboxylic acids is 1. The molecular formula is C18H30O3. The van der Waals surface area contributed by atoms with Crippen LogP contribution in [0.5, 0.6) is 0 Å². The average Bonchev–Trinajstić information content (AvgIpc) is 3.09. The minimum absolute atomic E-state index is 0.128. The van der Waals surface area contributed by atoms with E-state index in [9.17, 15) is 9.90 Å². The average molecular weight is 294 g/mol. The standard InChI is InChI=1S/C18H30O3/c1-2-14-6-5-8-17(12-14,16(19)20)13-15-7-11-18(21-15)9-3-4-10-18/h14-15H,2-13H2,1H3,(H,19,20). The highest BCUT2D eigenvalue weighted by Gasteiger charge is 2.48. The van der Waals surface area contributed by atoms with Crippen LogP contribution in [0.25, 0.3) is 0 Å². The van der Waals surface area contributed by atoms with Crippen LogP contribution in [0.3, 0.4) is 0 Å². The predicted octanol–water partition coefficient (Wildman–Crippen LogP) is 4.54. The number of hydrogen-bond acceptors (Lipinski definition) is 2. The molecule has 1 spiro atoms. The van der Waals surface area contributed by atoms with Gasteiger partial charge < -0.3 is 9.84 Å². The lowest BCUT2D eigenvalue weighted by Gasteiger charge is -2.39. The summed E-state index contributed by atoms with van der Waals surface area (Å²) >= 11 is 0. The third kappa shape index (κ3) is 2.99. The smallest absolute Gasteiger partial charge is 0.309 e. The molecule has 21 heavy (non-hydrogen) atoms. The van der Waals surface area contributed by atoms with Crippen molar-refractivity contribution in [2.24, 2.45) is 11.3 Å². The van der Waals surface area contributed by atoms with Crippen LogP contribution < -0.4 is 0 Å². The molecule has 3 rings (SSSR count). The molecule has 0 amide bonds. The first kappa shape index (κ1) is 15.3. The number of carboxylic acid groups (broad SMARTS) is 1. The highest BCUT2D eigenvalue weighted by atomic mass is 16.5. The van der Waals surface area contributed by atoms with Gasteiger partial charge in [-0.15, -0.1) is 0 Å². The van der Waals surface area contributed by atoms with E-state index < -0.39 is 11.4 Å². The third-order valence-electron chi connectivity index (χ3n) is 6.45. The largest absolute Gasteiger partial charge is 0.481 e. The third-order valence-corrected chi connectivity index (χ3v) is 6.45. The van der Waals surface area contributed by atoms with Gasteiger partial charge in [0.1, 0.15) is 0 Å². The van der Waals surface area contributed by atoms with Crippen molar-refractivity contribution in [2.75, 3.05) is 0 Å². The van der Waals surface area contributed by atoms with E-state index in [4.69, 9.17) is 4.74 Å². The molecule has 1 saturated heterocycles. The molecule has 3 heteroatoms. The molecule has 3 aliphatic rings. The van der Waals surface area contributed by atoms with E-state index in [1.807, 2.05) is 0 Å². The molecule has 120 valence electrons. The fraction of sp³-hybridized carbons (Fsp3) is 0.944. The van der Waals surface area contributed by atoms with Crippen LogP contribution in [0, 0.1) is 11.3 Å². The SMILES string of the molecule is CCC1CCCC(CC2CCC3(CCCC3)O2)(C(=O)O)C1. The Morgan fingerprint density at radius 3 is 2.57 bits per heavy atom. The van der Waals surface area contributed by atoms with Gasteiger partial charge in [0.2, 0.25) is 0 Å². The topological polar surface area (TPSA) is 46.5 Å². The molecule has 0 aromatic rings. The van der Waals surface area contributed by atoms with Crippen molar-refractivity contribution in [1.82, 2.24) is 0 Å². The second-order valence-electron chi connectivity index (χ2n) is 7.83. The first-order valence-corrected chi connectivity index (χ1v) is 8.99. The molecule has 0 aromatic heterocycles. The maximum atomic E-state index is 12.0. The van der Waals surface area contributed by atoms with Gasteiger partial charge in [0.15, 0.2) is 0 Å². The molecule has 1 heterocycles. The van der Waals surface area contributed by atoms with E-state index in [-0.39, 0.29) is 11.7 Å². The lowest BCUT2D eigenvalue weighted by molar-refractivity contribution is -0.156. The Morgan fingerprint density at radius 2 is 1.90 bits per heavy atom. The molecule has 3 atom stereocenters. The van der Waals surface area contributed by atoms with Gasteiger partial charge in [0.25, 0.3) is 0 Å². The van der Waals surface area contributed by atoms with E-state index in [0.717, 1.165) is 44.9 Å². The zero-order valence-corrected chi connectivity index (χ0v) is 13.4. The second-order valence-corrected chi connectivity index (χ2v) is 7.83. The van der Waals surface area contributed by atoms with Crippen LogP contribution >= 0.6 is 0 Å². The predicted molar refractivity (Wildman–Crippen MR) is 82.2 cm³/mol. The van der Waals surface area contributed by atoms with E-state index >= 15 is 0 Å². The van der Waals surface area contributed by atoms with Crippen molar-refractivity contribution in [3.63, 3.8) is 0 Å². The van der Waals surface area contributed by atoms with Crippen LogP contribution in [0.15, 0.2) is 0 Å². The van der Waals surface area contributed by atoms with Gasteiger partial charge in [0, 0.05) is 0 Å². The Bertz CT molecular complexity index is 386. The zero-order chi connectivity index (χ0) is 14.9. The lowest BCUT2D eigenvalue weighted by Crippen LogP contribution is -2.40. The van der Waals surface area contributed by atoms with Gasteiger partial charge in [-0.1, -0.05) is 39.0 Å². The summed E-state index contributed by atoms with van der Waals surface area (Å²) in [5.41, 5.74) is -0.378. The summed E-state index contributed by atoms with van der Waals surface area (Å²) in [7, 11) is 0. The summed E-state index contributed by atoms with van der Waals surface area (Å²) in [6.07, 6.45) is 13.3. The Balaban J connectivity index is 1.67. The molecule has 0 aromatic carbocycles. The molecule has 2 aliphatic carbocycles. The van der Waals surface area contributed by atoms with Crippen LogP contribution in [0.2, 0.25) is 0 Å². The first-order chi connectivity index (χ1) is 10.1. The summed E-state index contributed by atoms with van der Waals surface area (Å²) in [5.74, 6) is 0.0216. The van der Waals surface area contributed by atoms with Gasteiger partial charge in [-0.2, -0.15) is 0 Å². The minimum Gasteiger partial charge on any atom is -0.481 e. The molecule has 2 saturated carbocycles. The molecule has 3 nitrogen and oxygen atoms in total. The molecule has 3 fully saturated rings. The molecule has 1 aliphatic heterocycles. The van der Waals surface area contributed by atoms with Crippen molar-refractivity contribution in [3.05, 3.63) is 0 Å². The zero-order valence-electron chi connectivity index (χ0n) is 13.4. The Kier molecular flexibility index (Phi) is 4.31. The summed E-state index contributed by atoms with van der Waals surface area (Å²) < 4.78 is 6.39. The number of carboxylic acids is 1. The normalized spacial score (nSPS) is 38.9. The molecule has 3 unspecified atom stereocenters. The summed E-state index contributed by atoms with van der Waals surface area (Å²) in [5, 5.41) is 9.86. The molecule has 1 N–H and O–H groups in total. The lowest BCUT2D eigenvalue weighted by atomic mass is 9.66. The summed E-state index contributed by atoms with van der Waals surface area (Å²) in [6.45, 7) is 2.20. The maximum Gasteiger partial charge on any atom is 0.309 e. The van der Waals surface area contributed by atoms with Gasteiger partial charge >= 0.3 is 5.97 Å². The van der Waals surface area contributed by atoms with E-state index in [1.165, 1.54) is 32.1 Å². The first-order valence-electron chi connectivity index (χ1n) is 8.99. The molecular weight excluding hydrogens is 264 g/mol. The van der Waals surface area contributed by atoms with Gasteiger partial charge in [-0.25, -0.2) is 0 Å². The molecule has 0 radical (unpaired) electrons. The van der Waals surface area contributed by atoms with E-state index in [0.29, 0.717) is 5.92 Å². The Hall–Kier alpha value is -0.570. The van der Waals surface area contributed by atoms with E-state index in [1.54, 1.807) is 0 Å². The van der Waals surface area contributed by atoms with Crippen LogP contribution in [-0.2, 0) is 9.53 Å². The number of carbonyl (C=O) groups is 1. The summed E-state index contributed by atoms with van der Waals surface area (Å²) in [4.78, 5) is 12.0. The van der Waals surface area contributed by atoms with Crippen molar-refractivity contribution in [1.29, 1.82) is 0 Å². The minimum atomic E-state index is -0.573. The van der Waals surface area contributed by atoms with Gasteiger partial charge in [-0.05, 0) is 50.9 Å². The van der Waals surface area contributed by atoms with Crippen LogP contribution in [-0.4, -0.2) is 22.8 Å². The second kappa shape index (κ2) is 5.91. The number of ether oxygens (including phenoxy) is 1. The van der Waals surface area contributed by atoms with Crippen molar-refractivity contribution in [2.45, 2.75) is 95.7 Å². The van der Waals surface area contributed by atoms with Crippen molar-refractivity contribution in [3.8, 4) is 0 Å². The van der Waals surface area contributed by atoms with Crippen molar-refractivity contribution >= 4 is 5.97 Å². The number of hydrogen-bond donors (Lipinski definition) is 1. The quantitative estimate of drug-likeness (QED) is 0.828. The summed E-state index contributed by atoms with van der Waals surface area (Å²) in [6, 6.07) is 0. The maximum absolute atomic E-state index is 12.0. The van der Waals surface area contributed by atoms with Crippen LogP contribution in [0.1, 0.15) is 84.0 Å².